The van der Waals surface area contributed by atoms with Crippen molar-refractivity contribution in [3.8, 4) is 5.75 Å². The first-order valence-corrected chi connectivity index (χ1v) is 9.89. The number of thiophene rings is 1. The lowest BCUT2D eigenvalue weighted by Crippen LogP contribution is -2.28. The van der Waals surface area contributed by atoms with Crippen LogP contribution in [0.5, 0.6) is 5.75 Å². The number of benzene rings is 1. The molecule has 25 heavy (non-hydrogen) atoms. The summed E-state index contributed by atoms with van der Waals surface area (Å²) in [6, 6.07) is 9.84. The Bertz CT molecular complexity index is 681. The summed E-state index contributed by atoms with van der Waals surface area (Å²) in [5, 5.41) is 0. The molecule has 1 heterocycles. The predicted molar refractivity (Wildman–Crippen MR) is 103 cm³/mol. The van der Waals surface area contributed by atoms with Gasteiger partial charge < -0.3 is 14.2 Å². The Kier molecular flexibility index (Phi) is 7.93. The molecule has 0 fully saturated rings. The van der Waals surface area contributed by atoms with Crippen molar-refractivity contribution in [2.75, 3.05) is 13.2 Å². The van der Waals surface area contributed by atoms with E-state index < -0.39 is 6.10 Å². The number of ether oxygens (including phenoxy) is 3. The normalized spacial score (nSPS) is 12.0. The Morgan fingerprint density at radius 2 is 1.92 bits per heavy atom. The fraction of sp³-hybridized carbons (Fsp3) is 0.421. The van der Waals surface area contributed by atoms with Crippen LogP contribution in [-0.4, -0.2) is 25.3 Å². The Morgan fingerprint density at radius 3 is 2.48 bits per heavy atom. The van der Waals surface area contributed by atoms with Crippen LogP contribution in [0.1, 0.15) is 29.9 Å². The quantitative estimate of drug-likeness (QED) is 0.534. The second-order valence-electron chi connectivity index (χ2n) is 5.49. The number of hydrogen-bond donors (Lipinski definition) is 0. The summed E-state index contributed by atoms with van der Waals surface area (Å²) in [6.07, 6.45) is -0.0768. The fourth-order valence-electron chi connectivity index (χ4n) is 2.35. The first-order valence-electron chi connectivity index (χ1n) is 8.28. The van der Waals surface area contributed by atoms with Gasteiger partial charge in [-0.2, -0.15) is 0 Å². The molecule has 0 N–H and O–H groups in total. The molecule has 0 saturated heterocycles. The maximum absolute atomic E-state index is 11.9. The van der Waals surface area contributed by atoms with Crippen molar-refractivity contribution in [2.45, 2.75) is 39.9 Å². The Balaban J connectivity index is 1.94. The second kappa shape index (κ2) is 9.94. The monoisotopic (exact) mass is 426 g/mol. The third kappa shape index (κ3) is 6.13. The van der Waals surface area contributed by atoms with E-state index in [0.717, 1.165) is 15.1 Å². The molecule has 1 atom stereocenters. The zero-order chi connectivity index (χ0) is 18.2. The Morgan fingerprint density at radius 1 is 1.20 bits per heavy atom. The largest absolute Gasteiger partial charge is 0.488 e. The van der Waals surface area contributed by atoms with E-state index in [1.165, 1.54) is 10.4 Å². The topological polar surface area (TPSA) is 44.8 Å². The van der Waals surface area contributed by atoms with E-state index in [9.17, 15) is 4.79 Å². The van der Waals surface area contributed by atoms with Crippen molar-refractivity contribution in [2.24, 2.45) is 0 Å². The number of esters is 1. The van der Waals surface area contributed by atoms with Gasteiger partial charge in [0.2, 0.25) is 0 Å². The number of halogens is 1. The average Bonchev–Trinajstić information content (AvgIpc) is 2.91. The van der Waals surface area contributed by atoms with E-state index >= 15 is 0 Å². The summed E-state index contributed by atoms with van der Waals surface area (Å²) in [4.78, 5) is 13.1. The highest BCUT2D eigenvalue weighted by molar-refractivity contribution is 9.11. The van der Waals surface area contributed by atoms with Gasteiger partial charge in [-0.1, -0.05) is 12.1 Å². The number of aryl methyl sites for hydroxylation is 1. The Hall–Kier alpha value is -1.37. The highest BCUT2D eigenvalue weighted by Crippen LogP contribution is 2.27. The number of carbonyl (C=O) groups excluding carboxylic acids is 1. The van der Waals surface area contributed by atoms with Crippen LogP contribution in [0.4, 0.5) is 0 Å². The molecule has 1 aromatic carbocycles. The predicted octanol–water partition coefficient (Wildman–Crippen LogP) is 4.91. The molecule has 0 saturated carbocycles. The lowest BCUT2D eigenvalue weighted by atomic mass is 10.1. The third-order valence-corrected chi connectivity index (χ3v) is 5.34. The highest BCUT2D eigenvalue weighted by atomic mass is 79.9. The van der Waals surface area contributed by atoms with Gasteiger partial charge in [-0.15, -0.1) is 11.3 Å². The van der Waals surface area contributed by atoms with Crippen LogP contribution >= 0.6 is 27.3 Å². The van der Waals surface area contributed by atoms with Gasteiger partial charge in [-0.25, -0.2) is 4.79 Å². The third-order valence-electron chi connectivity index (χ3n) is 3.62. The molecular weight excluding hydrogens is 404 g/mol. The molecule has 0 aliphatic carbocycles. The molecule has 2 aromatic rings. The molecule has 0 radical (unpaired) electrons. The molecule has 0 spiro atoms. The van der Waals surface area contributed by atoms with Crippen LogP contribution in [0.15, 0.2) is 34.1 Å². The van der Waals surface area contributed by atoms with Crippen LogP contribution in [0.3, 0.4) is 0 Å². The summed E-state index contributed by atoms with van der Waals surface area (Å²) in [6.45, 7) is 7.11. The highest BCUT2D eigenvalue weighted by Gasteiger charge is 2.20. The van der Waals surface area contributed by atoms with E-state index in [0.29, 0.717) is 26.2 Å². The minimum absolute atomic E-state index is 0.316. The molecule has 1 aromatic heterocycles. The molecule has 4 nitrogen and oxygen atoms in total. The van der Waals surface area contributed by atoms with Gasteiger partial charge >= 0.3 is 5.97 Å². The van der Waals surface area contributed by atoms with E-state index in [4.69, 9.17) is 14.2 Å². The molecule has 0 bridgehead atoms. The van der Waals surface area contributed by atoms with Crippen molar-refractivity contribution < 1.29 is 19.0 Å². The number of hydrogen-bond acceptors (Lipinski definition) is 5. The minimum atomic E-state index is -0.567. The summed E-state index contributed by atoms with van der Waals surface area (Å²) in [5.74, 6) is 0.486. The summed E-state index contributed by atoms with van der Waals surface area (Å²) in [7, 11) is 0. The van der Waals surface area contributed by atoms with Crippen molar-refractivity contribution in [1.29, 1.82) is 0 Å². The zero-order valence-electron chi connectivity index (χ0n) is 14.7. The molecule has 6 heteroatoms. The lowest BCUT2D eigenvalue weighted by molar-refractivity contribution is -0.156. The maximum atomic E-state index is 11.9. The van der Waals surface area contributed by atoms with Gasteiger partial charge in [0.05, 0.1) is 10.4 Å². The first-order chi connectivity index (χ1) is 12.0. The van der Waals surface area contributed by atoms with Crippen LogP contribution in [0, 0.1) is 6.92 Å². The van der Waals surface area contributed by atoms with Gasteiger partial charge in [0.1, 0.15) is 12.4 Å². The molecule has 2 rings (SSSR count). The summed E-state index contributed by atoms with van der Waals surface area (Å²) >= 11 is 5.17. The van der Waals surface area contributed by atoms with Gasteiger partial charge in [-0.3, -0.25) is 0 Å². The lowest BCUT2D eigenvalue weighted by Gasteiger charge is -2.15. The summed E-state index contributed by atoms with van der Waals surface area (Å²) in [5.41, 5.74) is 2.23. The van der Waals surface area contributed by atoms with Crippen molar-refractivity contribution in [3.63, 3.8) is 0 Å². The molecule has 0 amide bonds. The van der Waals surface area contributed by atoms with Gasteiger partial charge in [-0.05, 0) is 66.0 Å². The van der Waals surface area contributed by atoms with E-state index in [1.54, 1.807) is 18.3 Å². The number of rotatable bonds is 9. The number of carbonyl (C=O) groups is 1. The van der Waals surface area contributed by atoms with E-state index in [-0.39, 0.29) is 5.97 Å². The average molecular weight is 427 g/mol. The van der Waals surface area contributed by atoms with Gasteiger partial charge in [0, 0.05) is 17.9 Å². The van der Waals surface area contributed by atoms with Crippen molar-refractivity contribution in [3.05, 3.63) is 50.1 Å². The van der Waals surface area contributed by atoms with E-state index in [2.05, 4.69) is 28.9 Å². The van der Waals surface area contributed by atoms with E-state index in [1.807, 2.05) is 31.2 Å². The van der Waals surface area contributed by atoms with Crippen LogP contribution in [0.2, 0.25) is 0 Å². The molecule has 0 unspecified atom stereocenters. The fourth-order valence-corrected chi connectivity index (χ4v) is 4.09. The minimum Gasteiger partial charge on any atom is -0.488 e. The molecular formula is C19H23BrO4S. The molecule has 0 aliphatic heterocycles. The first kappa shape index (κ1) is 19.9. The van der Waals surface area contributed by atoms with Gasteiger partial charge in [0.15, 0.2) is 6.10 Å². The van der Waals surface area contributed by atoms with Crippen LogP contribution < -0.4 is 4.74 Å². The maximum Gasteiger partial charge on any atom is 0.335 e. The summed E-state index contributed by atoms with van der Waals surface area (Å²) < 4.78 is 17.5. The standard InChI is InChI=1S/C19H23BrO4S/c1-4-22-16(19(21)23-5-2)11-14-6-8-15(9-7-14)24-12-17-13(3)10-18(20)25-17/h6-10,16H,4-5,11-12H2,1-3H3/t16-/m1/s1. The van der Waals surface area contributed by atoms with Gasteiger partial charge in [0.25, 0.3) is 0 Å². The Labute approximate surface area is 161 Å². The molecule has 136 valence electrons. The van der Waals surface area contributed by atoms with Crippen molar-refractivity contribution in [1.82, 2.24) is 0 Å². The molecule has 0 aliphatic rings. The van der Waals surface area contributed by atoms with Crippen LogP contribution in [0.25, 0.3) is 0 Å². The smallest absolute Gasteiger partial charge is 0.335 e. The van der Waals surface area contributed by atoms with Crippen LogP contribution in [-0.2, 0) is 27.3 Å². The zero-order valence-corrected chi connectivity index (χ0v) is 17.1. The SMILES string of the molecule is CCOC(=O)[C@@H](Cc1ccc(OCc2sc(Br)cc2C)cc1)OCC. The van der Waals surface area contributed by atoms with Crippen molar-refractivity contribution >= 4 is 33.2 Å². The second-order valence-corrected chi connectivity index (χ2v) is 8.01.